The van der Waals surface area contributed by atoms with E-state index in [1.807, 2.05) is 20.8 Å². The molecule has 0 saturated heterocycles. The zero-order chi connectivity index (χ0) is 18.4. The van der Waals surface area contributed by atoms with Crippen molar-refractivity contribution in [1.82, 2.24) is 0 Å². The maximum Gasteiger partial charge on any atom is 0.339 e. The summed E-state index contributed by atoms with van der Waals surface area (Å²) in [5.74, 6) is 0.872. The van der Waals surface area contributed by atoms with Crippen molar-refractivity contribution < 1.29 is 14.1 Å². The smallest absolute Gasteiger partial charge is 0.339 e. The van der Waals surface area contributed by atoms with Gasteiger partial charge in [-0.25, -0.2) is 4.79 Å². The molecule has 0 fully saturated rings. The van der Waals surface area contributed by atoms with Crippen LogP contribution in [0.3, 0.4) is 0 Å². The average Bonchev–Trinajstić information content (AvgIpc) is 2.63. The minimum atomic E-state index is -0.263. The van der Waals surface area contributed by atoms with E-state index in [4.69, 9.17) is 9.15 Å². The molecule has 4 heteroatoms. The zero-order valence-corrected chi connectivity index (χ0v) is 15.7. The molecule has 0 spiro atoms. The van der Waals surface area contributed by atoms with Crippen LogP contribution in [0.5, 0.6) is 5.75 Å². The number of ether oxygens (including phenoxy) is 1. The van der Waals surface area contributed by atoms with Gasteiger partial charge in [0, 0.05) is 27.6 Å². The quantitative estimate of drug-likeness (QED) is 0.723. The highest BCUT2D eigenvalue weighted by Gasteiger charge is 2.25. The normalized spacial score (nSPS) is 16.4. The first-order chi connectivity index (χ1) is 12.4. The number of fused-ring (bicyclic) bond motifs is 2. The highest BCUT2D eigenvalue weighted by Crippen LogP contribution is 2.33. The van der Waals surface area contributed by atoms with Crippen molar-refractivity contribution in [2.75, 3.05) is 6.73 Å². The Bertz CT molecular complexity index is 1050. The highest BCUT2D eigenvalue weighted by atomic mass is 16.5. The van der Waals surface area contributed by atoms with Crippen molar-refractivity contribution in [3.05, 3.63) is 74.1 Å². The SMILES string of the molecule is Cc1ccc(C[NH+]2COc3c(cc4c(C)c(C)c(=O)oc4c3C)C2)cc1. The summed E-state index contributed by atoms with van der Waals surface area (Å²) in [6.07, 6.45) is 0. The van der Waals surface area contributed by atoms with Crippen LogP contribution in [0.25, 0.3) is 11.0 Å². The van der Waals surface area contributed by atoms with Gasteiger partial charge in [-0.3, -0.25) is 4.90 Å². The molecule has 1 aliphatic heterocycles. The van der Waals surface area contributed by atoms with E-state index in [0.29, 0.717) is 17.9 Å². The molecular weight excluding hydrogens is 326 g/mol. The Labute approximate surface area is 153 Å². The first-order valence-corrected chi connectivity index (χ1v) is 9.02. The molecule has 4 rings (SSSR count). The highest BCUT2D eigenvalue weighted by molar-refractivity contribution is 5.86. The van der Waals surface area contributed by atoms with E-state index in [1.165, 1.54) is 21.6 Å². The van der Waals surface area contributed by atoms with E-state index >= 15 is 0 Å². The van der Waals surface area contributed by atoms with E-state index in [9.17, 15) is 4.79 Å². The minimum absolute atomic E-state index is 0.263. The van der Waals surface area contributed by atoms with Gasteiger partial charge < -0.3 is 9.15 Å². The molecule has 0 saturated carbocycles. The van der Waals surface area contributed by atoms with Gasteiger partial charge in [0.15, 0.2) is 0 Å². The number of hydrogen-bond donors (Lipinski definition) is 1. The van der Waals surface area contributed by atoms with E-state index < -0.39 is 0 Å². The maximum absolute atomic E-state index is 12.0. The van der Waals surface area contributed by atoms with Crippen molar-refractivity contribution in [2.45, 2.75) is 40.8 Å². The minimum Gasteiger partial charge on any atom is -0.444 e. The van der Waals surface area contributed by atoms with Crippen LogP contribution in [0.1, 0.15) is 33.4 Å². The fourth-order valence-electron chi connectivity index (χ4n) is 3.72. The van der Waals surface area contributed by atoms with Gasteiger partial charge in [0.05, 0.1) is 0 Å². The van der Waals surface area contributed by atoms with Gasteiger partial charge in [-0.15, -0.1) is 0 Å². The fourth-order valence-corrected chi connectivity index (χ4v) is 3.72. The summed E-state index contributed by atoms with van der Waals surface area (Å²) in [5.41, 5.74) is 6.75. The van der Waals surface area contributed by atoms with Crippen molar-refractivity contribution in [1.29, 1.82) is 0 Å². The molecule has 2 heterocycles. The molecule has 134 valence electrons. The van der Waals surface area contributed by atoms with Gasteiger partial charge in [-0.2, -0.15) is 0 Å². The van der Waals surface area contributed by atoms with Gasteiger partial charge in [0.1, 0.15) is 24.4 Å². The monoisotopic (exact) mass is 350 g/mol. The molecule has 1 aliphatic rings. The molecule has 0 aliphatic carbocycles. The average molecular weight is 350 g/mol. The molecule has 26 heavy (non-hydrogen) atoms. The van der Waals surface area contributed by atoms with Gasteiger partial charge in [-0.1, -0.05) is 29.8 Å². The Kier molecular flexibility index (Phi) is 4.08. The summed E-state index contributed by atoms with van der Waals surface area (Å²) in [7, 11) is 0. The molecular formula is C22H24NO3+. The Morgan fingerprint density at radius 3 is 2.46 bits per heavy atom. The van der Waals surface area contributed by atoms with Gasteiger partial charge in [-0.05, 0) is 39.3 Å². The largest absolute Gasteiger partial charge is 0.444 e. The molecule has 2 aromatic carbocycles. The van der Waals surface area contributed by atoms with E-state index in [2.05, 4.69) is 37.3 Å². The number of nitrogens with one attached hydrogen (secondary N) is 1. The Morgan fingerprint density at radius 2 is 1.73 bits per heavy atom. The summed E-state index contributed by atoms with van der Waals surface area (Å²) in [6.45, 7) is 10.3. The molecule has 4 nitrogen and oxygen atoms in total. The number of hydrogen-bond acceptors (Lipinski definition) is 3. The molecule has 0 amide bonds. The second kappa shape index (κ2) is 6.29. The van der Waals surface area contributed by atoms with Gasteiger partial charge >= 0.3 is 5.63 Å². The van der Waals surface area contributed by atoms with Crippen LogP contribution in [0.4, 0.5) is 0 Å². The second-order valence-corrected chi connectivity index (χ2v) is 7.38. The Hall–Kier alpha value is -2.59. The van der Waals surface area contributed by atoms with Crippen molar-refractivity contribution in [3.8, 4) is 5.75 Å². The lowest BCUT2D eigenvalue weighted by Crippen LogP contribution is -3.10. The lowest BCUT2D eigenvalue weighted by Gasteiger charge is -2.28. The molecule has 1 unspecified atom stereocenters. The molecule has 1 N–H and O–H groups in total. The number of quaternary nitrogens is 1. The van der Waals surface area contributed by atoms with Crippen LogP contribution in [-0.4, -0.2) is 6.73 Å². The summed E-state index contributed by atoms with van der Waals surface area (Å²) >= 11 is 0. The zero-order valence-electron chi connectivity index (χ0n) is 15.7. The summed E-state index contributed by atoms with van der Waals surface area (Å²) < 4.78 is 11.6. The first-order valence-electron chi connectivity index (χ1n) is 9.02. The van der Waals surface area contributed by atoms with E-state index in [-0.39, 0.29) is 5.63 Å². The van der Waals surface area contributed by atoms with Crippen LogP contribution in [0.2, 0.25) is 0 Å². The van der Waals surface area contributed by atoms with Crippen molar-refractivity contribution in [2.24, 2.45) is 0 Å². The van der Waals surface area contributed by atoms with Crippen LogP contribution >= 0.6 is 0 Å². The Balaban J connectivity index is 1.71. The standard InChI is InChI=1S/C22H23NO3/c1-13-5-7-17(8-6-13)10-23-11-18-9-19-14(2)15(3)22(24)26-21(19)16(4)20(18)25-12-23/h5-9H,10-12H2,1-4H3/p+1. The van der Waals surface area contributed by atoms with Gasteiger partial charge in [0.25, 0.3) is 0 Å². The maximum atomic E-state index is 12.0. The molecule has 1 aromatic heterocycles. The number of benzene rings is 2. The van der Waals surface area contributed by atoms with Crippen LogP contribution in [0, 0.1) is 27.7 Å². The second-order valence-electron chi connectivity index (χ2n) is 7.38. The van der Waals surface area contributed by atoms with Gasteiger partial charge in [0.2, 0.25) is 6.73 Å². The Morgan fingerprint density at radius 1 is 1.00 bits per heavy atom. The first kappa shape index (κ1) is 16.9. The fraction of sp³-hybridized carbons (Fsp3) is 0.318. The molecule has 1 atom stereocenters. The predicted molar refractivity (Wildman–Crippen MR) is 102 cm³/mol. The topological polar surface area (TPSA) is 43.9 Å². The third kappa shape index (κ3) is 2.80. The molecule has 0 bridgehead atoms. The van der Waals surface area contributed by atoms with E-state index in [0.717, 1.165) is 35.4 Å². The molecule has 0 radical (unpaired) electrons. The van der Waals surface area contributed by atoms with Crippen molar-refractivity contribution in [3.63, 3.8) is 0 Å². The summed E-state index contributed by atoms with van der Waals surface area (Å²) in [5, 5.41) is 1.01. The third-order valence-corrected chi connectivity index (χ3v) is 5.44. The summed E-state index contributed by atoms with van der Waals surface area (Å²) in [6, 6.07) is 10.8. The lowest BCUT2D eigenvalue weighted by atomic mass is 9.99. The van der Waals surface area contributed by atoms with Crippen LogP contribution in [0.15, 0.2) is 39.5 Å². The predicted octanol–water partition coefficient (Wildman–Crippen LogP) is 2.96. The van der Waals surface area contributed by atoms with Crippen LogP contribution in [-0.2, 0) is 13.1 Å². The lowest BCUT2D eigenvalue weighted by molar-refractivity contribution is -0.945. The number of rotatable bonds is 2. The van der Waals surface area contributed by atoms with E-state index in [1.54, 1.807) is 0 Å². The number of aryl methyl sites for hydroxylation is 3. The summed E-state index contributed by atoms with van der Waals surface area (Å²) in [4.78, 5) is 13.4. The molecule has 3 aromatic rings. The van der Waals surface area contributed by atoms with Crippen LogP contribution < -0.4 is 15.3 Å². The third-order valence-electron chi connectivity index (χ3n) is 5.44. The van der Waals surface area contributed by atoms with Crippen molar-refractivity contribution >= 4 is 11.0 Å².